The fraction of sp³-hybridized carbons (Fsp3) is 0.130. The summed E-state index contributed by atoms with van der Waals surface area (Å²) in [7, 11) is 1.52. The van der Waals surface area contributed by atoms with Gasteiger partial charge in [0.25, 0.3) is 6.01 Å². The van der Waals surface area contributed by atoms with E-state index in [1.165, 1.54) is 18.4 Å². The highest BCUT2D eigenvalue weighted by Crippen LogP contribution is 2.40. The van der Waals surface area contributed by atoms with Crippen LogP contribution in [0, 0.1) is 6.92 Å². The van der Waals surface area contributed by atoms with E-state index in [0.717, 1.165) is 27.1 Å². The summed E-state index contributed by atoms with van der Waals surface area (Å²) in [5.74, 6) is -0.329. The highest BCUT2D eigenvalue weighted by molar-refractivity contribution is 7.15. The van der Waals surface area contributed by atoms with Crippen molar-refractivity contribution in [2.24, 2.45) is 0 Å². The number of ether oxygens (including phenoxy) is 2. The van der Waals surface area contributed by atoms with Crippen LogP contribution >= 0.6 is 11.3 Å². The lowest BCUT2D eigenvalue weighted by atomic mass is 9.98. The predicted octanol–water partition coefficient (Wildman–Crippen LogP) is 4.53. The third kappa shape index (κ3) is 3.82. The Balaban J connectivity index is 1.51. The molecule has 0 fully saturated rings. The molecule has 172 valence electrons. The van der Waals surface area contributed by atoms with Crippen molar-refractivity contribution in [3.05, 3.63) is 69.5 Å². The van der Waals surface area contributed by atoms with Gasteiger partial charge in [-0.1, -0.05) is 59.9 Å². The van der Waals surface area contributed by atoms with Gasteiger partial charge in [-0.15, -0.1) is 0 Å². The number of aromatic amines is 1. The van der Waals surface area contributed by atoms with Crippen LogP contribution in [0.4, 0.5) is 4.79 Å². The second kappa shape index (κ2) is 8.52. The van der Waals surface area contributed by atoms with Crippen LogP contribution in [0.2, 0.25) is 0 Å². The topological polar surface area (TPSA) is 132 Å². The summed E-state index contributed by atoms with van der Waals surface area (Å²) in [5.41, 5.74) is 4.71. The average molecular weight is 478 g/mol. The van der Waals surface area contributed by atoms with Crippen molar-refractivity contribution >= 4 is 28.5 Å². The number of hydrogen-bond donors (Lipinski definition) is 2. The summed E-state index contributed by atoms with van der Waals surface area (Å²) in [6, 6.07) is 15.7. The minimum Gasteiger partial charge on any atom is -0.468 e. The van der Waals surface area contributed by atoms with Gasteiger partial charge in [-0.25, -0.2) is 9.59 Å². The lowest BCUT2D eigenvalue weighted by Crippen LogP contribution is -2.06. The summed E-state index contributed by atoms with van der Waals surface area (Å²) in [4.78, 5) is 31.7. The molecule has 2 aromatic carbocycles. The Kier molecular flexibility index (Phi) is 5.38. The quantitative estimate of drug-likeness (QED) is 0.340. The zero-order chi connectivity index (χ0) is 23.8. The highest BCUT2D eigenvalue weighted by Gasteiger charge is 2.22. The standard InChI is InChI=1S/C23H18N4O6S/c1-12-17-18(20(34-12)32-23(29)30)27(21(24-17)31-2)11-13-7-9-14(10-8-13)15-5-3-4-6-16(15)19-25-22(28)33-26-19/h3-10H,11H2,1-2H3,(H,29,30)(H,25,26,28). The second-order valence-corrected chi connectivity index (χ2v) is 8.56. The van der Waals surface area contributed by atoms with Gasteiger partial charge >= 0.3 is 11.9 Å². The van der Waals surface area contributed by atoms with E-state index in [9.17, 15) is 9.59 Å². The third-order valence-corrected chi connectivity index (χ3v) is 6.26. The molecule has 3 heterocycles. The Morgan fingerprint density at radius 1 is 1.15 bits per heavy atom. The van der Waals surface area contributed by atoms with Gasteiger partial charge < -0.3 is 19.1 Å². The van der Waals surface area contributed by atoms with E-state index in [1.807, 2.05) is 55.5 Å². The van der Waals surface area contributed by atoms with Gasteiger partial charge in [0.2, 0.25) is 5.06 Å². The molecule has 0 aliphatic rings. The summed E-state index contributed by atoms with van der Waals surface area (Å²) < 4.78 is 17.0. The molecule has 0 saturated heterocycles. The van der Waals surface area contributed by atoms with E-state index in [2.05, 4.69) is 15.1 Å². The molecule has 34 heavy (non-hydrogen) atoms. The van der Waals surface area contributed by atoms with E-state index in [-0.39, 0.29) is 5.06 Å². The molecule has 0 radical (unpaired) electrons. The molecule has 0 saturated carbocycles. The first-order chi connectivity index (χ1) is 16.4. The van der Waals surface area contributed by atoms with Gasteiger partial charge in [0, 0.05) is 10.4 Å². The van der Waals surface area contributed by atoms with E-state index in [0.29, 0.717) is 29.4 Å². The maximum atomic E-state index is 11.4. The predicted molar refractivity (Wildman–Crippen MR) is 125 cm³/mol. The third-order valence-electron chi connectivity index (χ3n) is 5.29. The maximum Gasteiger partial charge on any atom is 0.512 e. The summed E-state index contributed by atoms with van der Waals surface area (Å²) in [6.45, 7) is 2.25. The number of methoxy groups -OCH3 is 1. The van der Waals surface area contributed by atoms with E-state index < -0.39 is 11.9 Å². The number of imidazole rings is 1. The Bertz CT molecular complexity index is 1560. The first kappa shape index (κ1) is 21.5. The normalized spacial score (nSPS) is 11.1. The number of nitrogens with zero attached hydrogens (tertiary/aromatic N) is 3. The van der Waals surface area contributed by atoms with Crippen LogP contribution in [0.25, 0.3) is 33.5 Å². The molecule has 5 rings (SSSR count). The number of hydrogen-bond acceptors (Lipinski definition) is 8. The Morgan fingerprint density at radius 3 is 2.53 bits per heavy atom. The minimum atomic E-state index is -1.38. The molecule has 0 aliphatic carbocycles. The molecule has 0 spiro atoms. The number of thiophene rings is 1. The largest absolute Gasteiger partial charge is 0.512 e. The first-order valence-electron chi connectivity index (χ1n) is 10.1. The molecular formula is C23H18N4O6S. The van der Waals surface area contributed by atoms with Gasteiger partial charge in [0.15, 0.2) is 5.82 Å². The highest BCUT2D eigenvalue weighted by atomic mass is 32.1. The van der Waals surface area contributed by atoms with Crippen LogP contribution in [-0.2, 0) is 6.54 Å². The van der Waals surface area contributed by atoms with Crippen LogP contribution in [0.1, 0.15) is 10.4 Å². The second-order valence-electron chi connectivity index (χ2n) is 7.37. The average Bonchev–Trinajstić information content (AvgIpc) is 3.50. The zero-order valence-corrected chi connectivity index (χ0v) is 18.9. The number of aryl methyl sites for hydroxylation is 1. The Hall–Kier alpha value is -4.38. The van der Waals surface area contributed by atoms with Crippen LogP contribution in [-0.4, -0.2) is 38.1 Å². The van der Waals surface area contributed by atoms with Crippen LogP contribution in [0.15, 0.2) is 57.8 Å². The number of nitrogens with one attached hydrogen (secondary N) is 1. The fourth-order valence-corrected chi connectivity index (χ4v) is 4.76. The molecule has 0 aliphatic heterocycles. The first-order valence-corrected chi connectivity index (χ1v) is 10.9. The zero-order valence-electron chi connectivity index (χ0n) is 18.1. The van der Waals surface area contributed by atoms with Crippen molar-refractivity contribution in [1.29, 1.82) is 0 Å². The molecule has 0 amide bonds. The summed E-state index contributed by atoms with van der Waals surface area (Å²) in [5, 5.41) is 11.9. The molecule has 10 nitrogen and oxygen atoms in total. The van der Waals surface area contributed by atoms with Crippen molar-refractivity contribution in [3.63, 3.8) is 0 Å². The fourth-order valence-electron chi connectivity index (χ4n) is 3.83. The number of fused-ring (bicyclic) bond motifs is 1. The smallest absolute Gasteiger partial charge is 0.468 e. The molecule has 0 unspecified atom stereocenters. The molecule has 3 aromatic heterocycles. The molecule has 5 aromatic rings. The lowest BCUT2D eigenvalue weighted by Gasteiger charge is -2.11. The molecule has 0 bridgehead atoms. The number of carboxylic acid groups (broad SMARTS) is 1. The number of carbonyl (C=O) groups is 1. The Morgan fingerprint density at radius 2 is 1.88 bits per heavy atom. The van der Waals surface area contributed by atoms with E-state index in [4.69, 9.17) is 19.1 Å². The monoisotopic (exact) mass is 478 g/mol. The summed E-state index contributed by atoms with van der Waals surface area (Å²) >= 11 is 1.23. The van der Waals surface area contributed by atoms with Crippen molar-refractivity contribution in [1.82, 2.24) is 19.7 Å². The number of H-pyrrole nitrogens is 1. The van der Waals surface area contributed by atoms with Gasteiger partial charge in [-0.2, -0.15) is 15.1 Å². The van der Waals surface area contributed by atoms with Crippen molar-refractivity contribution in [2.75, 3.05) is 7.11 Å². The minimum absolute atomic E-state index is 0.253. The van der Waals surface area contributed by atoms with Gasteiger partial charge in [-0.3, -0.25) is 4.57 Å². The van der Waals surface area contributed by atoms with Crippen molar-refractivity contribution in [2.45, 2.75) is 13.5 Å². The van der Waals surface area contributed by atoms with Crippen LogP contribution in [0.5, 0.6) is 11.1 Å². The van der Waals surface area contributed by atoms with E-state index in [1.54, 1.807) is 4.57 Å². The van der Waals surface area contributed by atoms with Gasteiger partial charge in [0.05, 0.1) is 13.7 Å². The van der Waals surface area contributed by atoms with Crippen molar-refractivity contribution < 1.29 is 23.9 Å². The Labute approximate surface area is 196 Å². The van der Waals surface area contributed by atoms with E-state index >= 15 is 0 Å². The molecular weight excluding hydrogens is 460 g/mol. The molecule has 11 heteroatoms. The number of aromatic nitrogens is 4. The van der Waals surface area contributed by atoms with Gasteiger partial charge in [0.1, 0.15) is 11.0 Å². The maximum absolute atomic E-state index is 11.4. The number of benzene rings is 2. The van der Waals surface area contributed by atoms with Crippen LogP contribution in [0.3, 0.4) is 0 Å². The molecule has 2 N–H and O–H groups in total. The van der Waals surface area contributed by atoms with Gasteiger partial charge in [-0.05, 0) is 23.6 Å². The van der Waals surface area contributed by atoms with Crippen LogP contribution < -0.4 is 15.2 Å². The lowest BCUT2D eigenvalue weighted by molar-refractivity contribution is 0.146. The summed E-state index contributed by atoms with van der Waals surface area (Å²) in [6.07, 6.45) is -1.38. The molecule has 0 atom stereocenters. The SMILES string of the molecule is COc1nc2c(C)sc(OC(=O)O)c2n1Cc1ccc(-c2ccccc2-c2nc(=O)o[nH]2)cc1. The number of rotatable bonds is 6. The van der Waals surface area contributed by atoms with Crippen molar-refractivity contribution in [3.8, 4) is 33.6 Å².